The van der Waals surface area contributed by atoms with Crippen LogP contribution in [0, 0.1) is 0 Å². The highest BCUT2D eigenvalue weighted by molar-refractivity contribution is 5.92. The molecule has 1 saturated heterocycles. The smallest absolute Gasteiger partial charge is 0.271 e. The average molecular weight is 487 g/mol. The zero-order valence-electron chi connectivity index (χ0n) is 20.1. The van der Waals surface area contributed by atoms with Gasteiger partial charge < -0.3 is 19.6 Å². The predicted octanol–water partition coefficient (Wildman–Crippen LogP) is 2.31. The van der Waals surface area contributed by atoms with E-state index in [9.17, 15) is 9.90 Å². The molecule has 0 radical (unpaired) electrons. The normalized spacial score (nSPS) is 18.9. The SMILES string of the molecule is O=C(NC[C@H](O)CN1CCc2ccccc2C1)c1cn2cc(-c3cnn([C@@H]4CCOC4)c3)ccc2n1. The summed E-state index contributed by atoms with van der Waals surface area (Å²) in [5.74, 6) is -0.294. The van der Waals surface area contributed by atoms with E-state index < -0.39 is 6.10 Å². The van der Waals surface area contributed by atoms with E-state index in [1.807, 2.05) is 39.8 Å². The lowest BCUT2D eigenvalue weighted by Gasteiger charge is -2.30. The number of rotatable bonds is 7. The molecule has 36 heavy (non-hydrogen) atoms. The van der Waals surface area contributed by atoms with Crippen molar-refractivity contribution >= 4 is 11.6 Å². The molecule has 0 aliphatic carbocycles. The van der Waals surface area contributed by atoms with Gasteiger partial charge in [-0.15, -0.1) is 0 Å². The Labute approximate surface area is 209 Å². The monoisotopic (exact) mass is 486 g/mol. The molecule has 2 N–H and O–H groups in total. The van der Waals surface area contributed by atoms with Gasteiger partial charge in [-0.05, 0) is 36.1 Å². The first-order valence-corrected chi connectivity index (χ1v) is 12.5. The van der Waals surface area contributed by atoms with Crippen LogP contribution in [0.4, 0.5) is 0 Å². The molecule has 4 aromatic rings. The summed E-state index contributed by atoms with van der Waals surface area (Å²) in [6.07, 6.45) is 8.87. The lowest BCUT2D eigenvalue weighted by atomic mass is 10.00. The first-order chi connectivity index (χ1) is 17.6. The van der Waals surface area contributed by atoms with Gasteiger partial charge in [-0.3, -0.25) is 14.4 Å². The zero-order chi connectivity index (χ0) is 24.5. The van der Waals surface area contributed by atoms with Crippen molar-refractivity contribution in [3.05, 3.63) is 78.0 Å². The minimum atomic E-state index is -0.648. The number of amides is 1. The van der Waals surface area contributed by atoms with Gasteiger partial charge in [0.1, 0.15) is 11.3 Å². The Hall–Kier alpha value is -3.53. The highest BCUT2D eigenvalue weighted by Gasteiger charge is 2.20. The predicted molar refractivity (Wildman–Crippen MR) is 135 cm³/mol. The number of hydrogen-bond donors (Lipinski definition) is 2. The van der Waals surface area contributed by atoms with E-state index in [1.165, 1.54) is 11.1 Å². The zero-order valence-corrected chi connectivity index (χ0v) is 20.1. The number of pyridine rings is 1. The number of β-amino-alcohol motifs (C(OH)–C–C–N with tert-alkyl or cyclic N) is 1. The van der Waals surface area contributed by atoms with Crippen molar-refractivity contribution in [1.82, 2.24) is 29.4 Å². The Morgan fingerprint density at radius 2 is 2.03 bits per heavy atom. The van der Waals surface area contributed by atoms with Crippen molar-refractivity contribution in [1.29, 1.82) is 0 Å². The van der Waals surface area contributed by atoms with Crippen LogP contribution in [0.1, 0.15) is 34.1 Å². The summed E-state index contributed by atoms with van der Waals surface area (Å²) in [6, 6.07) is 12.6. The molecule has 0 spiro atoms. The summed E-state index contributed by atoms with van der Waals surface area (Å²) in [5, 5.41) is 17.9. The van der Waals surface area contributed by atoms with Crippen molar-refractivity contribution in [2.75, 3.05) is 32.8 Å². The maximum Gasteiger partial charge on any atom is 0.271 e. The van der Waals surface area contributed by atoms with Crippen LogP contribution in [0.3, 0.4) is 0 Å². The Morgan fingerprint density at radius 3 is 2.89 bits per heavy atom. The number of imidazole rings is 1. The van der Waals surface area contributed by atoms with Crippen LogP contribution in [0.2, 0.25) is 0 Å². The van der Waals surface area contributed by atoms with E-state index in [4.69, 9.17) is 4.74 Å². The van der Waals surface area contributed by atoms with E-state index in [2.05, 4.69) is 44.6 Å². The molecule has 9 nitrogen and oxygen atoms in total. The van der Waals surface area contributed by atoms with Crippen LogP contribution in [0.5, 0.6) is 0 Å². The molecule has 2 atom stereocenters. The fourth-order valence-electron chi connectivity index (χ4n) is 5.06. The molecule has 9 heteroatoms. The van der Waals surface area contributed by atoms with Crippen molar-refractivity contribution in [3.63, 3.8) is 0 Å². The molecular weight excluding hydrogens is 456 g/mol. The van der Waals surface area contributed by atoms with Crippen LogP contribution >= 0.6 is 0 Å². The topological polar surface area (TPSA) is 96.9 Å². The molecule has 0 unspecified atom stereocenters. The number of carbonyl (C=O) groups excluding carboxylic acids is 1. The minimum Gasteiger partial charge on any atom is -0.390 e. The molecule has 5 heterocycles. The number of hydrogen-bond acceptors (Lipinski definition) is 6. The first-order valence-electron chi connectivity index (χ1n) is 12.5. The molecule has 6 rings (SSSR count). The molecule has 2 aliphatic heterocycles. The number of benzene rings is 1. The molecule has 1 amide bonds. The van der Waals surface area contributed by atoms with Crippen LogP contribution < -0.4 is 5.32 Å². The highest BCUT2D eigenvalue weighted by Crippen LogP contribution is 2.24. The number of aliphatic hydroxyl groups excluding tert-OH is 1. The quantitative estimate of drug-likeness (QED) is 0.416. The molecule has 3 aromatic heterocycles. The van der Waals surface area contributed by atoms with E-state index in [-0.39, 0.29) is 18.5 Å². The third kappa shape index (κ3) is 4.77. The van der Waals surface area contributed by atoms with Crippen LogP contribution in [-0.4, -0.2) is 74.0 Å². The molecule has 1 fully saturated rings. The standard InChI is InChI=1S/C27H30N6O3/c34-24(16-31-9-7-19-3-1-2-4-20(19)13-31)12-28-27(35)25-17-32-14-21(5-6-26(32)30-25)22-11-29-33(15-22)23-8-10-36-18-23/h1-6,11,14-15,17,23-24,34H,7-10,12-13,16,18H2,(H,28,35)/t23-,24+/m1/s1. The average Bonchev–Trinajstić information content (AvgIpc) is 3.67. The minimum absolute atomic E-state index is 0.181. The second kappa shape index (κ2) is 9.85. The summed E-state index contributed by atoms with van der Waals surface area (Å²) < 4.78 is 9.28. The Morgan fingerprint density at radius 1 is 1.14 bits per heavy atom. The van der Waals surface area contributed by atoms with Crippen LogP contribution in [0.15, 0.2) is 61.2 Å². The molecule has 0 saturated carbocycles. The van der Waals surface area contributed by atoms with Gasteiger partial charge in [-0.1, -0.05) is 24.3 Å². The van der Waals surface area contributed by atoms with Crippen molar-refractivity contribution in [2.24, 2.45) is 0 Å². The van der Waals surface area contributed by atoms with Crippen LogP contribution in [-0.2, 0) is 17.7 Å². The van der Waals surface area contributed by atoms with Gasteiger partial charge in [0.25, 0.3) is 5.91 Å². The van der Waals surface area contributed by atoms with Gasteiger partial charge in [0, 0.05) is 62.5 Å². The summed E-state index contributed by atoms with van der Waals surface area (Å²) in [5.41, 5.74) is 5.70. The Bertz CT molecular complexity index is 1370. The third-order valence-electron chi connectivity index (χ3n) is 7.08. The lowest BCUT2D eigenvalue weighted by molar-refractivity contribution is 0.0838. The number of carbonyl (C=O) groups is 1. The maximum absolute atomic E-state index is 12.7. The van der Waals surface area contributed by atoms with E-state index in [0.717, 1.165) is 43.7 Å². The van der Waals surface area contributed by atoms with Gasteiger partial charge in [0.2, 0.25) is 0 Å². The molecule has 0 bridgehead atoms. The maximum atomic E-state index is 12.7. The second-order valence-electron chi connectivity index (χ2n) is 9.65. The largest absolute Gasteiger partial charge is 0.390 e. The van der Waals surface area contributed by atoms with Crippen molar-refractivity contribution in [2.45, 2.75) is 31.5 Å². The first kappa shape index (κ1) is 22.9. The summed E-state index contributed by atoms with van der Waals surface area (Å²) >= 11 is 0. The number of aromatic nitrogens is 4. The van der Waals surface area contributed by atoms with E-state index in [0.29, 0.717) is 24.5 Å². The van der Waals surface area contributed by atoms with Crippen molar-refractivity contribution in [3.8, 4) is 11.1 Å². The molecule has 1 aromatic carbocycles. The van der Waals surface area contributed by atoms with Crippen LogP contribution in [0.25, 0.3) is 16.8 Å². The summed E-state index contributed by atoms with van der Waals surface area (Å²) in [4.78, 5) is 19.4. The Balaban J connectivity index is 1.06. The number of nitrogens with zero attached hydrogens (tertiary/aromatic N) is 5. The van der Waals surface area contributed by atoms with E-state index in [1.54, 1.807) is 6.20 Å². The van der Waals surface area contributed by atoms with Gasteiger partial charge in [-0.2, -0.15) is 5.10 Å². The summed E-state index contributed by atoms with van der Waals surface area (Å²) in [7, 11) is 0. The van der Waals surface area contributed by atoms with Gasteiger partial charge >= 0.3 is 0 Å². The number of aliphatic hydroxyl groups is 1. The lowest BCUT2D eigenvalue weighted by Crippen LogP contribution is -2.42. The summed E-state index contributed by atoms with van der Waals surface area (Å²) in [6.45, 7) is 3.90. The third-order valence-corrected chi connectivity index (χ3v) is 7.08. The highest BCUT2D eigenvalue weighted by atomic mass is 16.5. The van der Waals surface area contributed by atoms with Crippen molar-refractivity contribution < 1.29 is 14.6 Å². The van der Waals surface area contributed by atoms with Gasteiger partial charge in [-0.25, -0.2) is 4.98 Å². The Kier molecular flexibility index (Phi) is 6.27. The number of fused-ring (bicyclic) bond motifs is 2. The molecule has 186 valence electrons. The number of nitrogens with one attached hydrogen (secondary N) is 1. The molecule has 2 aliphatic rings. The van der Waals surface area contributed by atoms with Gasteiger partial charge in [0.05, 0.1) is 24.9 Å². The molecular formula is C27H30N6O3. The van der Waals surface area contributed by atoms with E-state index >= 15 is 0 Å². The second-order valence-corrected chi connectivity index (χ2v) is 9.65. The fraction of sp³-hybridized carbons (Fsp3) is 0.370. The fourth-order valence-corrected chi connectivity index (χ4v) is 5.06. The van der Waals surface area contributed by atoms with Gasteiger partial charge in [0.15, 0.2) is 0 Å². The number of ether oxygens (including phenoxy) is 1.